The van der Waals surface area contributed by atoms with E-state index in [1.165, 1.54) is 0 Å². The quantitative estimate of drug-likeness (QED) is 0.0519. The fourth-order valence-corrected chi connectivity index (χ4v) is 6.32. The van der Waals surface area contributed by atoms with Gasteiger partial charge in [-0.3, -0.25) is 0 Å². The Morgan fingerprint density at radius 2 is 0.814 bits per heavy atom. The van der Waals surface area contributed by atoms with Crippen molar-refractivity contribution in [3.8, 4) is 0 Å². The molecule has 0 aliphatic heterocycles. The van der Waals surface area contributed by atoms with E-state index < -0.39 is 7.32 Å². The molecule has 0 saturated heterocycles. The molecule has 0 unspecified atom stereocenters. The van der Waals surface area contributed by atoms with Gasteiger partial charge in [0.05, 0.1) is 0 Å². The van der Waals surface area contributed by atoms with Crippen LogP contribution in [-0.4, -0.2) is 59.4 Å². The highest BCUT2D eigenvalue weighted by atomic mass is 32.2. The van der Waals surface area contributed by atoms with E-state index >= 15 is 0 Å². The normalized spacial score (nSPS) is 11.7. The third kappa shape index (κ3) is 8.81. The van der Waals surface area contributed by atoms with E-state index in [0.29, 0.717) is 35.5 Å². The van der Waals surface area contributed by atoms with Gasteiger partial charge in [-0.2, -0.15) is 0 Å². The summed E-state index contributed by atoms with van der Waals surface area (Å²) in [5.74, 6) is 2.42. The molecule has 0 saturated carbocycles. The van der Waals surface area contributed by atoms with Crippen LogP contribution >= 0.6 is 35.3 Å². The number of hydrogen-bond donors (Lipinski definition) is 0. The predicted octanol–water partition coefficient (Wildman–Crippen LogP) is 7.99. The van der Waals surface area contributed by atoms with Gasteiger partial charge in [-0.05, 0) is 55.7 Å². The van der Waals surface area contributed by atoms with Gasteiger partial charge >= 0.3 is 7.32 Å². The van der Waals surface area contributed by atoms with E-state index in [1.807, 2.05) is 72.8 Å². The number of aromatic nitrogens is 3. The van der Waals surface area contributed by atoms with Gasteiger partial charge in [-0.1, -0.05) is 71.7 Å². The first-order valence-corrected chi connectivity index (χ1v) is 17.1. The highest BCUT2D eigenvalue weighted by molar-refractivity contribution is 7.99. The molecule has 3 heterocycles. The van der Waals surface area contributed by atoms with Crippen molar-refractivity contribution in [3.63, 3.8) is 0 Å². The van der Waals surface area contributed by atoms with Crippen LogP contribution in [0.4, 0.5) is 0 Å². The van der Waals surface area contributed by atoms with Crippen molar-refractivity contribution in [2.24, 2.45) is 0 Å². The molecule has 0 N–H and O–H groups in total. The maximum Gasteiger partial charge on any atom is 0.639 e. The summed E-state index contributed by atoms with van der Waals surface area (Å²) < 4.78 is 35.2. The van der Waals surface area contributed by atoms with Crippen LogP contribution in [0.5, 0.6) is 0 Å². The molecule has 0 aliphatic carbocycles. The minimum atomic E-state index is -0.738. The lowest BCUT2D eigenvalue weighted by Crippen LogP contribution is -2.29. The number of rotatable bonds is 18. The molecule has 6 aromatic rings. The molecule has 6 rings (SSSR count). The summed E-state index contributed by atoms with van der Waals surface area (Å²) in [5.41, 5.74) is 5.00. The molecule has 13 heteroatoms. The number of fused-ring (bicyclic) bond motifs is 3. The summed E-state index contributed by atoms with van der Waals surface area (Å²) >= 11 is 4.71. The zero-order valence-electron chi connectivity index (χ0n) is 23.4. The molecule has 0 spiro atoms. The van der Waals surface area contributed by atoms with Crippen LogP contribution < -0.4 is 0 Å². The largest absolute Gasteiger partial charge is 0.639 e. The Bertz CT molecular complexity index is 1430. The molecule has 0 radical (unpaired) electrons. The topological polar surface area (TPSA) is 106 Å². The van der Waals surface area contributed by atoms with Gasteiger partial charge < -0.3 is 27.2 Å². The lowest BCUT2D eigenvalue weighted by molar-refractivity contribution is 0.0940. The van der Waals surface area contributed by atoms with E-state index in [0.717, 1.165) is 69.8 Å². The molecule has 222 valence electrons. The zero-order chi connectivity index (χ0) is 29.1. The number of benzene rings is 3. The van der Waals surface area contributed by atoms with Crippen LogP contribution in [0.3, 0.4) is 0 Å². The van der Waals surface area contributed by atoms with Crippen molar-refractivity contribution in [2.75, 3.05) is 37.1 Å². The fourth-order valence-electron chi connectivity index (χ4n) is 4.08. The Morgan fingerprint density at radius 1 is 0.488 bits per heavy atom. The number of para-hydroxylation sites is 6. The van der Waals surface area contributed by atoms with E-state index in [1.54, 1.807) is 35.3 Å². The van der Waals surface area contributed by atoms with E-state index in [2.05, 4.69) is 15.0 Å². The van der Waals surface area contributed by atoms with E-state index in [9.17, 15) is 0 Å². The van der Waals surface area contributed by atoms with E-state index in [-0.39, 0.29) is 0 Å². The molecule has 0 bridgehead atoms. The highest BCUT2D eigenvalue weighted by Crippen LogP contribution is 2.26. The lowest BCUT2D eigenvalue weighted by Gasteiger charge is -2.14. The minimum absolute atomic E-state index is 0.493. The summed E-state index contributed by atoms with van der Waals surface area (Å²) in [6.07, 6.45) is 2.40. The third-order valence-corrected chi connectivity index (χ3v) is 8.87. The van der Waals surface area contributed by atoms with Crippen LogP contribution in [0.1, 0.15) is 19.3 Å². The Balaban J connectivity index is 0.913. The smallest absolute Gasteiger partial charge is 0.431 e. The predicted molar refractivity (Wildman–Crippen MR) is 172 cm³/mol. The highest BCUT2D eigenvalue weighted by Gasteiger charge is 2.21. The van der Waals surface area contributed by atoms with Gasteiger partial charge in [0.2, 0.25) is 0 Å². The molecule has 43 heavy (non-hydrogen) atoms. The first kappa shape index (κ1) is 30.1. The van der Waals surface area contributed by atoms with Crippen molar-refractivity contribution in [1.29, 1.82) is 0 Å². The number of oxazole rings is 3. The van der Waals surface area contributed by atoms with Gasteiger partial charge in [0, 0.05) is 37.1 Å². The third-order valence-electron chi connectivity index (χ3n) is 6.13. The van der Waals surface area contributed by atoms with Gasteiger partial charge in [-0.15, -0.1) is 0 Å². The first-order valence-electron chi connectivity index (χ1n) is 14.1. The molecule has 3 aromatic heterocycles. The van der Waals surface area contributed by atoms with Crippen molar-refractivity contribution < 1.29 is 27.2 Å². The fraction of sp³-hybridized carbons (Fsp3) is 0.300. The van der Waals surface area contributed by atoms with Gasteiger partial charge in [-0.25, -0.2) is 15.0 Å². The van der Waals surface area contributed by atoms with Crippen LogP contribution in [0.2, 0.25) is 0 Å². The van der Waals surface area contributed by atoms with Crippen molar-refractivity contribution in [1.82, 2.24) is 15.0 Å². The first-order chi connectivity index (χ1) is 21.3. The molecule has 0 aliphatic rings. The molecule has 9 nitrogen and oxygen atoms in total. The average molecular weight is 636 g/mol. The molecular weight excluding hydrogens is 605 g/mol. The van der Waals surface area contributed by atoms with Crippen LogP contribution in [0, 0.1) is 0 Å². The number of nitrogens with zero attached hydrogens (tertiary/aromatic N) is 3. The Hall–Kier alpha value is -2.94. The second kappa shape index (κ2) is 15.7. The maximum atomic E-state index is 5.96. The molecule has 0 atom stereocenters. The number of hydrogen-bond acceptors (Lipinski definition) is 12. The summed E-state index contributed by atoms with van der Waals surface area (Å²) in [6, 6.07) is 23.3. The SMILES string of the molecule is c1ccc2oc(SCCCOB(OCCCSc3nc4ccccc4o3)OCCCSc3nc4ccccc4o3)nc2c1. The van der Waals surface area contributed by atoms with Crippen LogP contribution in [0.15, 0.2) is 102 Å². The van der Waals surface area contributed by atoms with E-state index in [4.69, 9.17) is 27.2 Å². The minimum Gasteiger partial charge on any atom is -0.431 e. The lowest BCUT2D eigenvalue weighted by atomic mass is 10.2. The molecule has 3 aromatic carbocycles. The summed E-state index contributed by atoms with van der Waals surface area (Å²) in [7, 11) is -0.738. The Morgan fingerprint density at radius 3 is 1.14 bits per heavy atom. The zero-order valence-corrected chi connectivity index (χ0v) is 25.8. The molecular formula is C30H30BN3O6S3. The molecule has 0 fully saturated rings. The maximum absolute atomic E-state index is 5.96. The standard InChI is InChI=1S/C30H30BN3O6S3/c1-4-13-25-22(10-1)32-28(38-25)41-19-7-16-35-31(36-17-8-20-42-29-33-23-11-2-5-14-26(23)39-29)37-18-9-21-43-30-34-24-12-3-6-15-27(24)40-30/h1-6,10-15H,7-9,16-21H2. The summed E-state index contributed by atoms with van der Waals surface area (Å²) in [5, 5.41) is 1.99. The van der Waals surface area contributed by atoms with Crippen LogP contribution in [-0.2, 0) is 14.0 Å². The van der Waals surface area contributed by atoms with Gasteiger partial charge in [0.25, 0.3) is 15.7 Å². The molecule has 0 amide bonds. The Kier molecular flexibility index (Phi) is 11.0. The van der Waals surface area contributed by atoms with Gasteiger partial charge in [0.15, 0.2) is 16.7 Å². The van der Waals surface area contributed by atoms with Crippen molar-refractivity contribution in [2.45, 2.75) is 34.9 Å². The van der Waals surface area contributed by atoms with Crippen molar-refractivity contribution in [3.05, 3.63) is 72.8 Å². The second-order valence-corrected chi connectivity index (χ2v) is 12.5. The van der Waals surface area contributed by atoms with Crippen LogP contribution in [0.25, 0.3) is 33.3 Å². The summed E-state index contributed by atoms with van der Waals surface area (Å²) in [6.45, 7) is 1.48. The second-order valence-electron chi connectivity index (χ2n) is 9.35. The Labute approximate surface area is 262 Å². The number of thioether (sulfide) groups is 3. The van der Waals surface area contributed by atoms with Gasteiger partial charge in [0.1, 0.15) is 16.6 Å². The monoisotopic (exact) mass is 635 g/mol. The van der Waals surface area contributed by atoms with Crippen molar-refractivity contribution >= 4 is 75.9 Å². The average Bonchev–Trinajstić information content (AvgIpc) is 3.75. The summed E-state index contributed by atoms with van der Waals surface area (Å²) in [4.78, 5) is 13.5.